The molecule has 3 heterocycles. The first-order valence-corrected chi connectivity index (χ1v) is 10.5. The van der Waals surface area contributed by atoms with E-state index in [1.54, 1.807) is 18.2 Å². The minimum atomic E-state index is -0.267. The van der Waals surface area contributed by atoms with E-state index >= 15 is 0 Å². The van der Waals surface area contributed by atoms with Crippen LogP contribution in [0, 0.1) is 5.92 Å². The number of anilines is 1. The molecular weight excluding hydrogens is 382 g/mol. The molecule has 1 N–H and O–H groups in total. The summed E-state index contributed by atoms with van der Waals surface area (Å²) < 4.78 is 5.04. The molecule has 0 spiro atoms. The van der Waals surface area contributed by atoms with Crippen LogP contribution in [0.4, 0.5) is 10.6 Å². The Bertz CT molecular complexity index is 877. The smallest absolute Gasteiger partial charge is 0.409 e. The first-order chi connectivity index (χ1) is 14.6. The maximum Gasteiger partial charge on any atom is 0.409 e. The fourth-order valence-electron chi connectivity index (χ4n) is 3.86. The molecule has 30 heavy (non-hydrogen) atoms. The Morgan fingerprint density at radius 2 is 1.87 bits per heavy atom. The van der Waals surface area contributed by atoms with Crippen molar-refractivity contribution in [1.82, 2.24) is 20.2 Å². The predicted molar refractivity (Wildman–Crippen MR) is 113 cm³/mol. The number of benzene rings is 1. The minimum absolute atomic E-state index is 0.0387. The van der Waals surface area contributed by atoms with E-state index < -0.39 is 0 Å². The molecule has 0 aliphatic carbocycles. The highest BCUT2D eigenvalue weighted by Crippen LogP contribution is 2.26. The lowest BCUT2D eigenvalue weighted by Gasteiger charge is -2.40. The predicted octanol–water partition coefficient (Wildman–Crippen LogP) is 2.32. The number of nitrogens with one attached hydrogen (secondary N) is 1. The lowest BCUT2D eigenvalue weighted by molar-refractivity contribution is -0.126. The van der Waals surface area contributed by atoms with Crippen molar-refractivity contribution in [2.45, 2.75) is 25.8 Å². The molecule has 2 aromatic rings. The van der Waals surface area contributed by atoms with Crippen LogP contribution in [0.1, 0.15) is 19.8 Å². The Kier molecular flexibility index (Phi) is 6.11. The molecule has 0 bridgehead atoms. The van der Waals surface area contributed by atoms with E-state index in [2.05, 4.69) is 20.2 Å². The van der Waals surface area contributed by atoms with Gasteiger partial charge in [0.1, 0.15) is 12.1 Å². The molecule has 2 saturated heterocycles. The van der Waals surface area contributed by atoms with E-state index in [1.165, 1.54) is 0 Å². The molecule has 0 unspecified atom stereocenters. The fraction of sp³-hybridized carbons (Fsp3) is 0.455. The zero-order valence-corrected chi connectivity index (χ0v) is 17.2. The van der Waals surface area contributed by atoms with Crippen molar-refractivity contribution in [3.05, 3.63) is 42.7 Å². The van der Waals surface area contributed by atoms with E-state index in [-0.39, 0.29) is 24.0 Å². The van der Waals surface area contributed by atoms with Gasteiger partial charge in [-0.05, 0) is 19.8 Å². The molecule has 8 heteroatoms. The van der Waals surface area contributed by atoms with Crippen LogP contribution >= 0.6 is 0 Å². The Morgan fingerprint density at radius 1 is 1.13 bits per heavy atom. The molecule has 0 atom stereocenters. The summed E-state index contributed by atoms with van der Waals surface area (Å²) in [6, 6.07) is 12.1. The van der Waals surface area contributed by atoms with Crippen LogP contribution in [0.5, 0.6) is 0 Å². The number of piperidine rings is 1. The molecule has 8 nitrogen and oxygen atoms in total. The van der Waals surface area contributed by atoms with Crippen LogP contribution in [0.15, 0.2) is 42.7 Å². The number of carbonyl (C=O) groups excluding carboxylic acids is 2. The number of rotatable bonds is 5. The quantitative estimate of drug-likeness (QED) is 0.816. The topological polar surface area (TPSA) is 87.7 Å². The Hall–Kier alpha value is -3.16. The summed E-state index contributed by atoms with van der Waals surface area (Å²) in [5, 5.41) is 3.14. The molecule has 2 fully saturated rings. The molecule has 0 saturated carbocycles. The van der Waals surface area contributed by atoms with Gasteiger partial charge in [-0.3, -0.25) is 4.79 Å². The van der Waals surface area contributed by atoms with E-state index in [0.717, 1.165) is 29.9 Å². The number of amides is 2. The highest BCUT2D eigenvalue weighted by atomic mass is 16.6. The minimum Gasteiger partial charge on any atom is -0.450 e. The van der Waals surface area contributed by atoms with Gasteiger partial charge in [-0.1, -0.05) is 30.3 Å². The van der Waals surface area contributed by atoms with Crippen LogP contribution in [-0.4, -0.2) is 65.7 Å². The van der Waals surface area contributed by atoms with E-state index in [1.807, 2.05) is 36.4 Å². The first-order valence-electron chi connectivity index (χ1n) is 10.5. The molecule has 2 aliphatic heterocycles. The second-order valence-corrected chi connectivity index (χ2v) is 7.70. The monoisotopic (exact) mass is 409 g/mol. The number of hydrogen-bond acceptors (Lipinski definition) is 6. The van der Waals surface area contributed by atoms with Gasteiger partial charge in [-0.25, -0.2) is 14.8 Å². The zero-order valence-electron chi connectivity index (χ0n) is 17.2. The van der Waals surface area contributed by atoms with Gasteiger partial charge in [0.2, 0.25) is 5.91 Å². The maximum absolute atomic E-state index is 12.6. The van der Waals surface area contributed by atoms with Gasteiger partial charge in [0.05, 0.1) is 18.2 Å². The van der Waals surface area contributed by atoms with Crippen LogP contribution in [0.3, 0.4) is 0 Å². The molecule has 4 rings (SSSR count). The van der Waals surface area contributed by atoms with Crippen molar-refractivity contribution < 1.29 is 14.3 Å². The zero-order chi connectivity index (χ0) is 20.9. The Morgan fingerprint density at radius 3 is 2.57 bits per heavy atom. The third-order valence-corrected chi connectivity index (χ3v) is 5.67. The van der Waals surface area contributed by atoms with Gasteiger partial charge >= 0.3 is 6.09 Å². The maximum atomic E-state index is 12.6. The van der Waals surface area contributed by atoms with E-state index in [0.29, 0.717) is 32.8 Å². The molecule has 2 amide bonds. The fourth-order valence-corrected chi connectivity index (χ4v) is 3.86. The van der Waals surface area contributed by atoms with Crippen LogP contribution in [-0.2, 0) is 9.53 Å². The Labute approximate surface area is 176 Å². The van der Waals surface area contributed by atoms with Gasteiger partial charge < -0.3 is 19.9 Å². The van der Waals surface area contributed by atoms with Crippen molar-refractivity contribution in [2.24, 2.45) is 5.92 Å². The lowest BCUT2D eigenvalue weighted by atomic mass is 9.97. The van der Waals surface area contributed by atoms with Gasteiger partial charge in [-0.2, -0.15) is 0 Å². The molecule has 2 aliphatic rings. The number of likely N-dealkylation sites (tertiary alicyclic amines) is 1. The number of carbonyl (C=O) groups is 2. The van der Waals surface area contributed by atoms with Crippen molar-refractivity contribution in [1.29, 1.82) is 0 Å². The third kappa shape index (κ3) is 4.53. The lowest BCUT2D eigenvalue weighted by Crippen LogP contribution is -2.56. The summed E-state index contributed by atoms with van der Waals surface area (Å²) in [6.07, 6.45) is 2.82. The van der Waals surface area contributed by atoms with Crippen molar-refractivity contribution >= 4 is 17.8 Å². The van der Waals surface area contributed by atoms with Crippen molar-refractivity contribution in [3.63, 3.8) is 0 Å². The van der Waals surface area contributed by atoms with Crippen LogP contribution < -0.4 is 10.2 Å². The highest BCUT2D eigenvalue weighted by Gasteiger charge is 2.35. The highest BCUT2D eigenvalue weighted by molar-refractivity contribution is 5.82. The summed E-state index contributed by atoms with van der Waals surface area (Å²) in [6.45, 7) is 4.72. The number of ether oxygens (including phenoxy) is 1. The van der Waals surface area contributed by atoms with Gasteiger partial charge in [0.15, 0.2) is 0 Å². The standard InChI is InChI=1S/C22H27N5O3/c1-2-30-22(29)26-10-8-18(9-11-26)25-21(28)17-13-27(14-17)20-12-19(23-15-24-20)16-6-4-3-5-7-16/h3-7,12,15,17-18H,2,8-11,13-14H2,1H3,(H,25,28). The summed E-state index contributed by atoms with van der Waals surface area (Å²) in [7, 11) is 0. The molecule has 0 radical (unpaired) electrons. The Balaban J connectivity index is 1.25. The average Bonchev–Trinajstić information content (AvgIpc) is 2.74. The summed E-state index contributed by atoms with van der Waals surface area (Å²) >= 11 is 0. The summed E-state index contributed by atoms with van der Waals surface area (Å²) in [5.41, 5.74) is 1.92. The van der Waals surface area contributed by atoms with Crippen LogP contribution in [0.25, 0.3) is 11.3 Å². The molecule has 158 valence electrons. The largest absolute Gasteiger partial charge is 0.450 e. The van der Waals surface area contributed by atoms with E-state index in [9.17, 15) is 9.59 Å². The molecule has 1 aromatic heterocycles. The molecule has 1 aromatic carbocycles. The van der Waals surface area contributed by atoms with E-state index in [4.69, 9.17) is 4.74 Å². The normalized spacial score (nSPS) is 17.4. The SMILES string of the molecule is CCOC(=O)N1CCC(NC(=O)C2CN(c3cc(-c4ccccc4)ncn3)C2)CC1. The molecular formula is C22H27N5O3. The second-order valence-electron chi connectivity index (χ2n) is 7.70. The average molecular weight is 409 g/mol. The van der Waals surface area contributed by atoms with Gasteiger partial charge in [0.25, 0.3) is 0 Å². The van der Waals surface area contributed by atoms with Gasteiger partial charge in [-0.15, -0.1) is 0 Å². The number of nitrogens with zero attached hydrogens (tertiary/aromatic N) is 4. The van der Waals surface area contributed by atoms with Crippen molar-refractivity contribution in [3.8, 4) is 11.3 Å². The second kappa shape index (κ2) is 9.11. The summed E-state index contributed by atoms with van der Waals surface area (Å²) in [4.78, 5) is 36.9. The first kappa shape index (κ1) is 20.1. The van der Waals surface area contributed by atoms with Gasteiger partial charge in [0, 0.05) is 43.9 Å². The number of aromatic nitrogens is 2. The number of hydrogen-bond donors (Lipinski definition) is 1. The third-order valence-electron chi connectivity index (χ3n) is 5.67. The van der Waals surface area contributed by atoms with Crippen molar-refractivity contribution in [2.75, 3.05) is 37.7 Å². The van der Waals surface area contributed by atoms with Crippen LogP contribution in [0.2, 0.25) is 0 Å². The summed E-state index contributed by atoms with van der Waals surface area (Å²) in [5.74, 6) is 0.886.